The Morgan fingerprint density at radius 2 is 1.69 bits per heavy atom. The highest BCUT2D eigenvalue weighted by Crippen LogP contribution is 2.33. The summed E-state index contributed by atoms with van der Waals surface area (Å²) in [7, 11) is 1.72. The Hall–Kier alpha value is -2.22. The van der Waals surface area contributed by atoms with Gasteiger partial charge in [-0.1, -0.05) is 28.1 Å². The van der Waals surface area contributed by atoms with Gasteiger partial charge < -0.3 is 14.5 Å². The Morgan fingerprint density at radius 3 is 2.48 bits per heavy atom. The van der Waals surface area contributed by atoms with Crippen LogP contribution < -0.4 is 9.80 Å². The maximum Gasteiger partial charge on any atom is 0.260 e. The average molecular weight is 458 g/mol. The summed E-state index contributed by atoms with van der Waals surface area (Å²) in [5.41, 5.74) is 2.36. The van der Waals surface area contributed by atoms with E-state index in [4.69, 9.17) is 4.74 Å². The van der Waals surface area contributed by atoms with E-state index in [1.807, 2.05) is 30.3 Å². The van der Waals surface area contributed by atoms with Crippen molar-refractivity contribution in [2.45, 2.75) is 6.42 Å². The van der Waals surface area contributed by atoms with Crippen LogP contribution in [0.3, 0.4) is 0 Å². The number of nitrogens with zero attached hydrogens (tertiary/aromatic N) is 3. The molecule has 2 aromatic rings. The molecule has 4 rings (SSSR count). The van der Waals surface area contributed by atoms with Crippen molar-refractivity contribution >= 4 is 39.1 Å². The molecule has 2 aliphatic rings. The number of para-hydroxylation sites is 1. The molecule has 2 aliphatic heterocycles. The van der Waals surface area contributed by atoms with Gasteiger partial charge in [0, 0.05) is 37.7 Å². The third-order valence-corrected chi connectivity index (χ3v) is 5.98. The zero-order chi connectivity index (χ0) is 20.4. The minimum atomic E-state index is -0.126. The number of rotatable bonds is 4. The lowest BCUT2D eigenvalue weighted by molar-refractivity contribution is 0.0376. The van der Waals surface area contributed by atoms with E-state index >= 15 is 0 Å². The molecule has 1 fully saturated rings. The SMILES string of the molecule is CN1C(=O)c2cc(Br)ccc2N(CCCN2CCOCC2)C(=O)c2ccccc21. The Balaban J connectivity index is 1.67. The van der Waals surface area contributed by atoms with Gasteiger partial charge in [-0.3, -0.25) is 14.5 Å². The number of fused-ring (bicyclic) bond motifs is 2. The summed E-state index contributed by atoms with van der Waals surface area (Å²) in [5, 5.41) is 0. The zero-order valence-electron chi connectivity index (χ0n) is 16.4. The van der Waals surface area contributed by atoms with Gasteiger partial charge in [0.25, 0.3) is 11.8 Å². The number of benzene rings is 2. The Bertz CT molecular complexity index is 927. The van der Waals surface area contributed by atoms with E-state index in [9.17, 15) is 9.59 Å². The molecule has 2 amide bonds. The van der Waals surface area contributed by atoms with Gasteiger partial charge in [-0.2, -0.15) is 0 Å². The first kappa shape index (κ1) is 20.1. The van der Waals surface area contributed by atoms with Gasteiger partial charge in [0.15, 0.2) is 0 Å². The summed E-state index contributed by atoms with van der Waals surface area (Å²) < 4.78 is 6.22. The molecule has 152 valence electrons. The first-order valence-electron chi connectivity index (χ1n) is 9.85. The van der Waals surface area contributed by atoms with Crippen molar-refractivity contribution in [3.8, 4) is 0 Å². The summed E-state index contributed by atoms with van der Waals surface area (Å²) >= 11 is 3.46. The lowest BCUT2D eigenvalue weighted by Crippen LogP contribution is -2.41. The van der Waals surface area contributed by atoms with Crippen molar-refractivity contribution in [2.24, 2.45) is 0 Å². The van der Waals surface area contributed by atoms with Crippen molar-refractivity contribution in [3.63, 3.8) is 0 Å². The summed E-state index contributed by atoms with van der Waals surface area (Å²) in [5.74, 6) is -0.204. The quantitative estimate of drug-likeness (QED) is 0.705. The van der Waals surface area contributed by atoms with E-state index in [0.717, 1.165) is 43.7 Å². The van der Waals surface area contributed by atoms with E-state index in [-0.39, 0.29) is 11.8 Å². The molecule has 0 radical (unpaired) electrons. The Labute approximate surface area is 179 Å². The van der Waals surface area contributed by atoms with Crippen LogP contribution >= 0.6 is 15.9 Å². The molecule has 6 nitrogen and oxygen atoms in total. The minimum Gasteiger partial charge on any atom is -0.379 e. The first-order chi connectivity index (χ1) is 14.1. The summed E-state index contributed by atoms with van der Waals surface area (Å²) in [6.45, 7) is 4.80. The van der Waals surface area contributed by atoms with Crippen molar-refractivity contribution in [1.29, 1.82) is 0 Å². The molecular weight excluding hydrogens is 434 g/mol. The highest BCUT2D eigenvalue weighted by Gasteiger charge is 2.31. The van der Waals surface area contributed by atoms with Gasteiger partial charge in [-0.15, -0.1) is 0 Å². The fourth-order valence-corrected chi connectivity index (χ4v) is 4.27. The van der Waals surface area contributed by atoms with Gasteiger partial charge in [-0.05, 0) is 36.8 Å². The molecular formula is C22H24BrN3O3. The van der Waals surface area contributed by atoms with Crippen LogP contribution in [0.25, 0.3) is 0 Å². The van der Waals surface area contributed by atoms with Crippen molar-refractivity contribution in [1.82, 2.24) is 4.90 Å². The number of anilines is 2. The first-order valence-corrected chi connectivity index (χ1v) is 10.6. The largest absolute Gasteiger partial charge is 0.379 e. The Kier molecular flexibility index (Phi) is 5.99. The van der Waals surface area contributed by atoms with Crippen LogP contribution in [-0.4, -0.2) is 63.2 Å². The zero-order valence-corrected chi connectivity index (χ0v) is 18.0. The maximum atomic E-state index is 13.5. The van der Waals surface area contributed by atoms with Crippen LogP contribution in [0.2, 0.25) is 0 Å². The maximum absolute atomic E-state index is 13.5. The summed E-state index contributed by atoms with van der Waals surface area (Å²) in [6.07, 6.45) is 0.827. The molecule has 0 saturated carbocycles. The van der Waals surface area contributed by atoms with Gasteiger partial charge in [0.05, 0.1) is 35.7 Å². The molecule has 7 heteroatoms. The van der Waals surface area contributed by atoms with Crippen LogP contribution in [0, 0.1) is 0 Å². The van der Waals surface area contributed by atoms with Crippen LogP contribution in [0.1, 0.15) is 27.1 Å². The molecule has 29 heavy (non-hydrogen) atoms. The molecule has 2 heterocycles. The Morgan fingerprint density at radius 1 is 0.931 bits per heavy atom. The second kappa shape index (κ2) is 8.65. The predicted molar refractivity (Wildman–Crippen MR) is 117 cm³/mol. The van der Waals surface area contributed by atoms with Crippen LogP contribution in [0.15, 0.2) is 46.9 Å². The number of carbonyl (C=O) groups is 2. The highest BCUT2D eigenvalue weighted by molar-refractivity contribution is 9.10. The van der Waals surface area contributed by atoms with E-state index < -0.39 is 0 Å². The summed E-state index contributed by atoms with van der Waals surface area (Å²) in [6, 6.07) is 12.8. The molecule has 2 aromatic carbocycles. The minimum absolute atomic E-state index is 0.0782. The smallest absolute Gasteiger partial charge is 0.260 e. The highest BCUT2D eigenvalue weighted by atomic mass is 79.9. The molecule has 0 bridgehead atoms. The van der Waals surface area contributed by atoms with E-state index in [1.165, 1.54) is 0 Å². The standard InChI is InChI=1S/C22H24BrN3O3/c1-24-19-6-3-2-5-17(19)22(28)26(10-4-9-25-11-13-29-14-12-25)20-8-7-16(23)15-18(20)21(24)27/h2-3,5-8,15H,4,9-14H2,1H3. The average Bonchev–Trinajstić information content (AvgIpc) is 2.76. The fraction of sp³-hybridized carbons (Fsp3) is 0.364. The molecule has 1 saturated heterocycles. The monoisotopic (exact) mass is 457 g/mol. The number of ether oxygens (including phenoxy) is 1. The van der Waals surface area contributed by atoms with Crippen molar-refractivity contribution in [2.75, 3.05) is 56.2 Å². The van der Waals surface area contributed by atoms with E-state index in [0.29, 0.717) is 29.0 Å². The molecule has 0 atom stereocenters. The van der Waals surface area contributed by atoms with Gasteiger partial charge in [0.1, 0.15) is 0 Å². The van der Waals surface area contributed by atoms with E-state index in [1.54, 1.807) is 29.0 Å². The number of halogens is 1. The normalized spacial score (nSPS) is 17.6. The van der Waals surface area contributed by atoms with Crippen LogP contribution in [0.5, 0.6) is 0 Å². The number of amides is 2. The number of hydrogen-bond acceptors (Lipinski definition) is 4. The molecule has 0 aliphatic carbocycles. The number of morpholine rings is 1. The van der Waals surface area contributed by atoms with Crippen LogP contribution in [-0.2, 0) is 4.74 Å². The van der Waals surface area contributed by atoms with Crippen molar-refractivity contribution in [3.05, 3.63) is 58.1 Å². The van der Waals surface area contributed by atoms with Crippen LogP contribution in [0.4, 0.5) is 11.4 Å². The van der Waals surface area contributed by atoms with Gasteiger partial charge in [-0.25, -0.2) is 0 Å². The lowest BCUT2D eigenvalue weighted by atomic mass is 10.0. The molecule has 0 N–H and O–H groups in total. The van der Waals surface area contributed by atoms with Crippen molar-refractivity contribution < 1.29 is 14.3 Å². The second-order valence-corrected chi connectivity index (χ2v) is 8.22. The predicted octanol–water partition coefficient (Wildman–Crippen LogP) is 3.41. The molecule has 0 unspecified atom stereocenters. The molecule has 0 aromatic heterocycles. The van der Waals surface area contributed by atoms with E-state index in [2.05, 4.69) is 20.8 Å². The fourth-order valence-electron chi connectivity index (χ4n) is 3.91. The van der Waals surface area contributed by atoms with Gasteiger partial charge >= 0.3 is 0 Å². The number of hydrogen-bond donors (Lipinski definition) is 0. The second-order valence-electron chi connectivity index (χ2n) is 7.31. The third-order valence-electron chi connectivity index (χ3n) is 5.49. The summed E-state index contributed by atoms with van der Waals surface area (Å²) in [4.78, 5) is 32.4. The third kappa shape index (κ3) is 4.08. The molecule has 0 spiro atoms. The topological polar surface area (TPSA) is 53.1 Å². The van der Waals surface area contributed by atoms with Gasteiger partial charge in [0.2, 0.25) is 0 Å². The number of carbonyl (C=O) groups excluding carboxylic acids is 2. The lowest BCUT2D eigenvalue weighted by Gasteiger charge is -2.32.